The second kappa shape index (κ2) is 5.78. The molecule has 0 atom stereocenters. The normalized spacial score (nSPS) is 10.5. The van der Waals surface area contributed by atoms with Crippen LogP contribution in [0.25, 0.3) is 0 Å². The first-order chi connectivity index (χ1) is 8.67. The zero-order valence-corrected chi connectivity index (χ0v) is 11.3. The molecule has 96 valence electrons. The van der Waals surface area contributed by atoms with Gasteiger partial charge in [0.1, 0.15) is 5.82 Å². The molecule has 0 spiro atoms. The summed E-state index contributed by atoms with van der Waals surface area (Å²) in [5.74, 6) is 1.31. The Hall–Kier alpha value is -1.68. The minimum Gasteiger partial charge on any atom is -0.368 e. The summed E-state index contributed by atoms with van der Waals surface area (Å²) in [7, 11) is 0. The van der Waals surface area contributed by atoms with Crippen LogP contribution >= 0.6 is 23.1 Å². The van der Waals surface area contributed by atoms with Gasteiger partial charge in [0.15, 0.2) is 4.34 Å². The number of nitrogens with zero attached hydrogens (tertiary/aromatic N) is 5. The fourth-order valence-electron chi connectivity index (χ4n) is 1.14. The minimum atomic E-state index is 0.128. The van der Waals surface area contributed by atoms with Crippen LogP contribution in [0.3, 0.4) is 0 Å². The van der Waals surface area contributed by atoms with Crippen LogP contribution in [0.15, 0.2) is 4.34 Å². The van der Waals surface area contributed by atoms with Crippen molar-refractivity contribution in [3.63, 3.8) is 0 Å². The summed E-state index contributed by atoms with van der Waals surface area (Å²) in [6.07, 6.45) is 0. The molecule has 0 aliphatic heterocycles. The first-order valence-corrected chi connectivity index (χ1v) is 6.93. The molecule has 8 nitrogen and oxygen atoms in total. The molecule has 0 aromatic carbocycles. The lowest BCUT2D eigenvalue weighted by Crippen LogP contribution is -2.05. The monoisotopic (exact) mass is 284 g/mol. The molecule has 0 aliphatic carbocycles. The molecule has 0 saturated carbocycles. The van der Waals surface area contributed by atoms with Gasteiger partial charge in [-0.2, -0.15) is 15.0 Å². The largest absolute Gasteiger partial charge is 0.368 e. The molecule has 5 N–H and O–H groups in total. The van der Waals surface area contributed by atoms with Gasteiger partial charge in [-0.05, 0) is 6.92 Å². The summed E-state index contributed by atoms with van der Waals surface area (Å²) < 4.78 is 0.837. The average molecular weight is 284 g/mol. The molecule has 10 heteroatoms. The van der Waals surface area contributed by atoms with Crippen molar-refractivity contribution >= 4 is 40.1 Å². The first-order valence-electron chi connectivity index (χ1n) is 5.13. The summed E-state index contributed by atoms with van der Waals surface area (Å²) >= 11 is 2.96. The molecule has 2 aromatic heterocycles. The van der Waals surface area contributed by atoms with Crippen LogP contribution in [-0.4, -0.2) is 31.7 Å². The molecule has 0 fully saturated rings. The maximum atomic E-state index is 5.49. The van der Waals surface area contributed by atoms with E-state index in [1.807, 2.05) is 6.92 Å². The standard InChI is InChI=1S/C8H12N8S2/c1-2-11-7-15-16-8(18-7)17-3-4-12-5(9)14-6(10)13-4/h2-3H2,1H3,(H,11,15)(H4,9,10,12,13,14). The van der Waals surface area contributed by atoms with E-state index in [9.17, 15) is 0 Å². The topological polar surface area (TPSA) is 129 Å². The summed E-state index contributed by atoms with van der Waals surface area (Å²) in [6.45, 7) is 2.82. The summed E-state index contributed by atoms with van der Waals surface area (Å²) in [6, 6.07) is 0. The highest BCUT2D eigenvalue weighted by Crippen LogP contribution is 2.27. The quantitative estimate of drug-likeness (QED) is 0.676. The van der Waals surface area contributed by atoms with Gasteiger partial charge in [-0.3, -0.25) is 0 Å². The Morgan fingerprint density at radius 3 is 2.56 bits per heavy atom. The van der Waals surface area contributed by atoms with E-state index in [-0.39, 0.29) is 11.9 Å². The predicted molar refractivity (Wildman–Crippen MR) is 72.3 cm³/mol. The maximum Gasteiger partial charge on any atom is 0.225 e. The van der Waals surface area contributed by atoms with E-state index in [4.69, 9.17) is 11.5 Å². The van der Waals surface area contributed by atoms with Crippen LogP contribution < -0.4 is 16.8 Å². The van der Waals surface area contributed by atoms with Gasteiger partial charge in [0, 0.05) is 6.54 Å². The Kier molecular flexibility index (Phi) is 4.10. The molecule has 0 radical (unpaired) electrons. The van der Waals surface area contributed by atoms with E-state index < -0.39 is 0 Å². The molecule has 0 bridgehead atoms. The fraction of sp³-hybridized carbons (Fsp3) is 0.375. The van der Waals surface area contributed by atoms with E-state index in [2.05, 4.69) is 30.5 Å². The van der Waals surface area contributed by atoms with Crippen molar-refractivity contribution in [1.82, 2.24) is 25.1 Å². The summed E-state index contributed by atoms with van der Waals surface area (Å²) in [5, 5.41) is 11.9. The van der Waals surface area contributed by atoms with Crippen molar-refractivity contribution < 1.29 is 0 Å². The molecule has 2 aromatic rings. The summed E-state index contributed by atoms with van der Waals surface area (Å²) in [5.41, 5.74) is 11.0. The molecule has 0 aliphatic rings. The van der Waals surface area contributed by atoms with E-state index in [1.165, 1.54) is 23.1 Å². The van der Waals surface area contributed by atoms with Gasteiger partial charge in [0.05, 0.1) is 5.75 Å². The first kappa shape index (κ1) is 12.8. The van der Waals surface area contributed by atoms with Gasteiger partial charge in [-0.1, -0.05) is 23.1 Å². The Morgan fingerprint density at radius 1 is 1.17 bits per heavy atom. The Balaban J connectivity index is 1.97. The second-order valence-electron chi connectivity index (χ2n) is 3.16. The van der Waals surface area contributed by atoms with Gasteiger partial charge in [0.2, 0.25) is 17.0 Å². The third kappa shape index (κ3) is 3.40. The highest BCUT2D eigenvalue weighted by Gasteiger charge is 2.07. The number of nitrogens with two attached hydrogens (primary N) is 2. The van der Waals surface area contributed by atoms with Gasteiger partial charge in [-0.15, -0.1) is 10.2 Å². The maximum absolute atomic E-state index is 5.49. The Morgan fingerprint density at radius 2 is 1.89 bits per heavy atom. The number of aromatic nitrogens is 5. The van der Waals surface area contributed by atoms with Crippen molar-refractivity contribution in [2.75, 3.05) is 23.3 Å². The highest BCUT2D eigenvalue weighted by molar-refractivity contribution is 8.00. The molecule has 0 amide bonds. The molecule has 0 unspecified atom stereocenters. The van der Waals surface area contributed by atoms with Crippen molar-refractivity contribution in [3.8, 4) is 0 Å². The van der Waals surface area contributed by atoms with E-state index >= 15 is 0 Å². The summed E-state index contributed by atoms with van der Waals surface area (Å²) in [4.78, 5) is 11.7. The second-order valence-corrected chi connectivity index (χ2v) is 5.36. The number of nitrogen functional groups attached to an aromatic ring is 2. The minimum absolute atomic E-state index is 0.128. The lowest BCUT2D eigenvalue weighted by Gasteiger charge is -1.99. The molecular formula is C8H12N8S2. The molecule has 18 heavy (non-hydrogen) atoms. The molecule has 0 saturated heterocycles. The smallest absolute Gasteiger partial charge is 0.225 e. The van der Waals surface area contributed by atoms with Crippen molar-refractivity contribution in [3.05, 3.63) is 5.82 Å². The zero-order valence-electron chi connectivity index (χ0n) is 9.62. The Labute approximate surface area is 112 Å². The third-order valence-corrected chi connectivity index (χ3v) is 3.79. The number of hydrogen-bond donors (Lipinski definition) is 3. The van der Waals surface area contributed by atoms with Crippen molar-refractivity contribution in [1.29, 1.82) is 0 Å². The lowest BCUT2D eigenvalue weighted by molar-refractivity contribution is 0.977. The predicted octanol–water partition coefficient (Wildman–Crippen LogP) is 0.612. The van der Waals surface area contributed by atoms with Gasteiger partial charge >= 0.3 is 0 Å². The fourth-order valence-corrected chi connectivity index (χ4v) is 2.81. The highest BCUT2D eigenvalue weighted by atomic mass is 32.2. The molecular weight excluding hydrogens is 272 g/mol. The van der Waals surface area contributed by atoms with E-state index in [1.54, 1.807) is 0 Å². The number of nitrogens with one attached hydrogen (secondary N) is 1. The molecule has 2 heterocycles. The van der Waals surface area contributed by atoms with Crippen molar-refractivity contribution in [2.45, 2.75) is 17.0 Å². The van der Waals surface area contributed by atoms with Gasteiger partial charge < -0.3 is 16.8 Å². The number of thioether (sulfide) groups is 1. The van der Waals surface area contributed by atoms with Gasteiger partial charge in [0.25, 0.3) is 0 Å². The van der Waals surface area contributed by atoms with Crippen molar-refractivity contribution in [2.24, 2.45) is 0 Å². The lowest BCUT2D eigenvalue weighted by atomic mass is 10.7. The Bertz CT molecular complexity index is 507. The molecule has 2 rings (SSSR count). The van der Waals surface area contributed by atoms with Crippen LogP contribution in [0.4, 0.5) is 17.0 Å². The number of hydrogen-bond acceptors (Lipinski definition) is 10. The SMILES string of the molecule is CCNc1nnc(SCc2nc(N)nc(N)n2)s1. The van der Waals surface area contributed by atoms with Gasteiger partial charge in [-0.25, -0.2) is 0 Å². The van der Waals surface area contributed by atoms with Crippen LogP contribution in [0.2, 0.25) is 0 Å². The zero-order chi connectivity index (χ0) is 13.0. The number of rotatable bonds is 5. The number of anilines is 3. The van der Waals surface area contributed by atoms with Crippen LogP contribution in [0, 0.1) is 0 Å². The van der Waals surface area contributed by atoms with Crippen LogP contribution in [0.1, 0.15) is 12.7 Å². The average Bonchev–Trinajstić information content (AvgIpc) is 2.74. The van der Waals surface area contributed by atoms with Crippen LogP contribution in [-0.2, 0) is 5.75 Å². The van der Waals surface area contributed by atoms with E-state index in [0.29, 0.717) is 11.6 Å². The third-order valence-electron chi connectivity index (χ3n) is 1.78. The van der Waals surface area contributed by atoms with Crippen LogP contribution in [0.5, 0.6) is 0 Å². The van der Waals surface area contributed by atoms with E-state index in [0.717, 1.165) is 16.0 Å².